The van der Waals surface area contributed by atoms with Crippen LogP contribution in [-0.4, -0.2) is 23.4 Å². The van der Waals surface area contributed by atoms with E-state index in [1.54, 1.807) is 6.92 Å². The molecule has 0 unspecified atom stereocenters. The Kier molecular flexibility index (Phi) is 4.83. The first-order chi connectivity index (χ1) is 12.3. The average Bonchev–Trinajstić information content (AvgIpc) is 2.55. The molecule has 2 N–H and O–H groups in total. The van der Waals surface area contributed by atoms with E-state index in [2.05, 4.69) is 10.6 Å². The summed E-state index contributed by atoms with van der Waals surface area (Å²) in [6, 6.07) is 5.88. The Morgan fingerprint density at radius 3 is 2.62 bits per heavy atom. The van der Waals surface area contributed by atoms with Crippen molar-refractivity contribution in [1.82, 2.24) is 10.2 Å². The Labute approximate surface area is 147 Å². The molecule has 26 heavy (non-hydrogen) atoms. The summed E-state index contributed by atoms with van der Waals surface area (Å²) in [7, 11) is 0. The summed E-state index contributed by atoms with van der Waals surface area (Å²) < 4.78 is 40.1. The Bertz CT molecular complexity index is 873. The molecule has 0 fully saturated rings. The summed E-state index contributed by atoms with van der Waals surface area (Å²) in [5.41, 5.74) is 1.18. The van der Waals surface area contributed by atoms with Gasteiger partial charge in [0.25, 0.3) is 0 Å². The molecular formula is C18H16F3N3O2. The lowest BCUT2D eigenvalue weighted by molar-refractivity contribution is -0.122. The first-order valence-electron chi connectivity index (χ1n) is 7.92. The SMILES string of the molecule is C[C@@H](NC(=O)CN1Cc2cc(F)ccc2NC1=O)c1ccc(F)cc1F. The molecule has 0 radical (unpaired) electrons. The van der Waals surface area contributed by atoms with Gasteiger partial charge in [-0.3, -0.25) is 4.79 Å². The minimum atomic E-state index is -0.766. The lowest BCUT2D eigenvalue weighted by atomic mass is 10.1. The average molecular weight is 363 g/mol. The number of halogens is 3. The van der Waals surface area contributed by atoms with Crippen molar-refractivity contribution in [3.05, 3.63) is 65.0 Å². The van der Waals surface area contributed by atoms with Gasteiger partial charge in [0.2, 0.25) is 5.91 Å². The van der Waals surface area contributed by atoms with Crippen LogP contribution in [0.3, 0.4) is 0 Å². The minimum Gasteiger partial charge on any atom is -0.348 e. The molecule has 2 aromatic rings. The van der Waals surface area contributed by atoms with E-state index in [0.29, 0.717) is 11.3 Å². The van der Waals surface area contributed by atoms with Crippen LogP contribution in [0.2, 0.25) is 0 Å². The summed E-state index contributed by atoms with van der Waals surface area (Å²) in [4.78, 5) is 25.5. The number of carbonyl (C=O) groups is 2. The summed E-state index contributed by atoms with van der Waals surface area (Å²) in [6.45, 7) is 1.34. The molecule has 3 amide bonds. The predicted molar refractivity (Wildman–Crippen MR) is 88.7 cm³/mol. The highest BCUT2D eigenvalue weighted by atomic mass is 19.1. The van der Waals surface area contributed by atoms with Gasteiger partial charge in [-0.15, -0.1) is 0 Å². The number of fused-ring (bicyclic) bond motifs is 1. The second-order valence-corrected chi connectivity index (χ2v) is 6.04. The lowest BCUT2D eigenvalue weighted by Crippen LogP contribution is -2.45. The molecule has 0 aliphatic carbocycles. The van der Waals surface area contributed by atoms with Crippen LogP contribution in [0.5, 0.6) is 0 Å². The van der Waals surface area contributed by atoms with Crippen LogP contribution >= 0.6 is 0 Å². The number of nitrogens with one attached hydrogen (secondary N) is 2. The number of anilines is 1. The van der Waals surface area contributed by atoms with Gasteiger partial charge >= 0.3 is 6.03 Å². The lowest BCUT2D eigenvalue weighted by Gasteiger charge is -2.29. The number of hydrogen-bond acceptors (Lipinski definition) is 2. The maximum absolute atomic E-state index is 13.8. The fourth-order valence-corrected chi connectivity index (χ4v) is 2.81. The molecule has 1 heterocycles. The molecule has 0 saturated carbocycles. The third kappa shape index (κ3) is 3.79. The van der Waals surface area contributed by atoms with Gasteiger partial charge in [0.05, 0.1) is 12.6 Å². The molecule has 1 aliphatic heterocycles. The Morgan fingerprint density at radius 1 is 1.19 bits per heavy atom. The van der Waals surface area contributed by atoms with E-state index in [1.165, 1.54) is 29.2 Å². The molecule has 0 saturated heterocycles. The predicted octanol–water partition coefficient (Wildman–Crippen LogP) is 3.33. The number of nitrogens with zero attached hydrogens (tertiary/aromatic N) is 1. The van der Waals surface area contributed by atoms with Crippen LogP contribution in [-0.2, 0) is 11.3 Å². The van der Waals surface area contributed by atoms with Crippen molar-refractivity contribution in [2.45, 2.75) is 19.5 Å². The van der Waals surface area contributed by atoms with E-state index in [9.17, 15) is 22.8 Å². The molecule has 3 rings (SSSR count). The number of hydrogen-bond donors (Lipinski definition) is 2. The fraction of sp³-hybridized carbons (Fsp3) is 0.222. The van der Waals surface area contributed by atoms with Crippen molar-refractivity contribution in [3.8, 4) is 0 Å². The highest BCUT2D eigenvalue weighted by molar-refractivity contribution is 5.94. The first-order valence-corrected chi connectivity index (χ1v) is 7.92. The van der Waals surface area contributed by atoms with Gasteiger partial charge in [-0.2, -0.15) is 0 Å². The van der Waals surface area contributed by atoms with Crippen LogP contribution in [0.25, 0.3) is 0 Å². The van der Waals surface area contributed by atoms with E-state index in [-0.39, 0.29) is 18.7 Å². The Balaban J connectivity index is 1.65. The third-order valence-electron chi connectivity index (χ3n) is 4.10. The second-order valence-electron chi connectivity index (χ2n) is 6.04. The van der Waals surface area contributed by atoms with Gasteiger partial charge in [-0.25, -0.2) is 18.0 Å². The molecule has 2 aromatic carbocycles. The molecule has 0 bridgehead atoms. The zero-order valence-corrected chi connectivity index (χ0v) is 13.9. The highest BCUT2D eigenvalue weighted by Gasteiger charge is 2.25. The van der Waals surface area contributed by atoms with Gasteiger partial charge in [-0.1, -0.05) is 6.07 Å². The maximum Gasteiger partial charge on any atom is 0.322 e. The van der Waals surface area contributed by atoms with Crippen molar-refractivity contribution in [2.24, 2.45) is 0 Å². The molecule has 0 spiro atoms. The summed E-state index contributed by atoms with van der Waals surface area (Å²) >= 11 is 0. The molecule has 1 aliphatic rings. The van der Waals surface area contributed by atoms with Crippen LogP contribution in [0.1, 0.15) is 24.1 Å². The molecule has 136 valence electrons. The Morgan fingerprint density at radius 2 is 1.88 bits per heavy atom. The zero-order chi connectivity index (χ0) is 18.8. The van der Waals surface area contributed by atoms with Crippen LogP contribution in [0.15, 0.2) is 36.4 Å². The first kappa shape index (κ1) is 17.8. The quantitative estimate of drug-likeness (QED) is 0.875. The molecule has 5 nitrogen and oxygen atoms in total. The number of benzene rings is 2. The zero-order valence-electron chi connectivity index (χ0n) is 13.9. The Hall–Kier alpha value is -3.03. The largest absolute Gasteiger partial charge is 0.348 e. The third-order valence-corrected chi connectivity index (χ3v) is 4.10. The van der Waals surface area contributed by atoms with E-state index >= 15 is 0 Å². The van der Waals surface area contributed by atoms with Crippen LogP contribution in [0, 0.1) is 17.5 Å². The smallest absolute Gasteiger partial charge is 0.322 e. The van der Waals surface area contributed by atoms with Gasteiger partial charge in [0, 0.05) is 17.3 Å². The maximum atomic E-state index is 13.8. The van der Waals surface area contributed by atoms with Crippen molar-refractivity contribution >= 4 is 17.6 Å². The van der Waals surface area contributed by atoms with E-state index < -0.39 is 35.4 Å². The number of rotatable bonds is 4. The standard InChI is InChI=1S/C18H16F3N3O2/c1-10(14-4-2-13(20)7-15(14)21)22-17(25)9-24-8-11-6-12(19)3-5-16(11)23-18(24)26/h2-7,10H,8-9H2,1H3,(H,22,25)(H,23,26)/t10-/m1/s1. The molecule has 1 atom stereocenters. The number of amides is 3. The molecular weight excluding hydrogens is 347 g/mol. The van der Waals surface area contributed by atoms with Crippen LogP contribution < -0.4 is 10.6 Å². The normalized spacial score (nSPS) is 14.5. The summed E-state index contributed by atoms with van der Waals surface area (Å²) in [5, 5.41) is 5.14. The topological polar surface area (TPSA) is 61.4 Å². The molecule has 8 heteroatoms. The summed E-state index contributed by atoms with van der Waals surface area (Å²) in [6.07, 6.45) is 0. The van der Waals surface area contributed by atoms with Crippen LogP contribution in [0.4, 0.5) is 23.7 Å². The van der Waals surface area contributed by atoms with Gasteiger partial charge in [-0.05, 0) is 36.8 Å². The monoisotopic (exact) mass is 363 g/mol. The van der Waals surface area contributed by atoms with Crippen molar-refractivity contribution in [1.29, 1.82) is 0 Å². The van der Waals surface area contributed by atoms with Gasteiger partial charge < -0.3 is 15.5 Å². The highest BCUT2D eigenvalue weighted by Crippen LogP contribution is 2.24. The second kappa shape index (κ2) is 7.07. The summed E-state index contributed by atoms with van der Waals surface area (Å²) in [5.74, 6) is -2.43. The number of urea groups is 1. The van der Waals surface area contributed by atoms with E-state index in [0.717, 1.165) is 12.1 Å². The van der Waals surface area contributed by atoms with Gasteiger partial charge in [0.1, 0.15) is 24.0 Å². The van der Waals surface area contributed by atoms with E-state index in [4.69, 9.17) is 0 Å². The minimum absolute atomic E-state index is 0.0750. The van der Waals surface area contributed by atoms with E-state index in [1.807, 2.05) is 0 Å². The molecule has 0 aromatic heterocycles. The fourth-order valence-electron chi connectivity index (χ4n) is 2.81. The van der Waals surface area contributed by atoms with Crippen molar-refractivity contribution < 1.29 is 22.8 Å². The van der Waals surface area contributed by atoms with Gasteiger partial charge in [0.15, 0.2) is 0 Å². The van der Waals surface area contributed by atoms with Crippen molar-refractivity contribution in [2.75, 3.05) is 11.9 Å². The van der Waals surface area contributed by atoms with Crippen molar-refractivity contribution in [3.63, 3.8) is 0 Å². The number of carbonyl (C=O) groups excluding carboxylic acids is 2.